The summed E-state index contributed by atoms with van der Waals surface area (Å²) in [6.07, 6.45) is 3.45. The molecule has 8 heteroatoms. The maximum atomic E-state index is 13.9. The summed E-state index contributed by atoms with van der Waals surface area (Å²) in [5.74, 6) is -1.81. The summed E-state index contributed by atoms with van der Waals surface area (Å²) in [6, 6.07) is 44.2. The number of carbonyl (C=O) groups is 3. The summed E-state index contributed by atoms with van der Waals surface area (Å²) >= 11 is 0. The summed E-state index contributed by atoms with van der Waals surface area (Å²) in [6.45, 7) is 0.206. The van der Waals surface area contributed by atoms with E-state index < -0.39 is 17.9 Å². The van der Waals surface area contributed by atoms with E-state index in [1.54, 1.807) is 36.8 Å². The lowest BCUT2D eigenvalue weighted by molar-refractivity contribution is -0.135. The minimum atomic E-state index is -0.876. The van der Waals surface area contributed by atoms with Crippen molar-refractivity contribution in [3.8, 4) is 5.75 Å². The van der Waals surface area contributed by atoms with Crippen LogP contribution in [0.15, 0.2) is 158 Å². The van der Waals surface area contributed by atoms with Gasteiger partial charge in [0.05, 0.1) is 17.9 Å². The lowest BCUT2D eigenvalue weighted by Gasteiger charge is -2.23. The normalized spacial score (nSPS) is 11.6. The van der Waals surface area contributed by atoms with Crippen molar-refractivity contribution in [2.75, 3.05) is 0 Å². The van der Waals surface area contributed by atoms with Gasteiger partial charge in [-0.25, -0.2) is 4.98 Å². The predicted octanol–water partition coefficient (Wildman–Crippen LogP) is 6.32. The molecule has 244 valence electrons. The van der Waals surface area contributed by atoms with Crippen LogP contribution in [-0.4, -0.2) is 33.8 Å². The minimum absolute atomic E-state index is 0.205. The van der Waals surface area contributed by atoms with Crippen molar-refractivity contribution in [1.82, 2.24) is 20.6 Å². The third-order valence-corrected chi connectivity index (χ3v) is 8.24. The molecule has 6 rings (SSSR count). The summed E-state index contributed by atoms with van der Waals surface area (Å²) in [5, 5.41) is 5.95. The van der Waals surface area contributed by atoms with Crippen molar-refractivity contribution in [2.24, 2.45) is 0 Å². The van der Waals surface area contributed by atoms with Crippen LogP contribution in [0.2, 0.25) is 0 Å². The number of esters is 1. The van der Waals surface area contributed by atoms with E-state index in [9.17, 15) is 14.4 Å². The number of hydrogen-bond donors (Lipinski definition) is 3. The lowest BCUT2D eigenvalue weighted by Crippen LogP contribution is -2.49. The Balaban J connectivity index is 1.13. The molecule has 0 fully saturated rings. The molecule has 8 nitrogen and oxygen atoms in total. The molecule has 0 aliphatic carbocycles. The van der Waals surface area contributed by atoms with Crippen molar-refractivity contribution < 1.29 is 19.1 Å². The molecule has 0 spiro atoms. The van der Waals surface area contributed by atoms with Crippen molar-refractivity contribution in [2.45, 2.75) is 30.8 Å². The summed E-state index contributed by atoms with van der Waals surface area (Å²) < 4.78 is 5.82. The monoisotopic (exact) mass is 648 g/mol. The Morgan fingerprint density at radius 3 is 1.57 bits per heavy atom. The van der Waals surface area contributed by atoms with Gasteiger partial charge in [0.2, 0.25) is 11.8 Å². The van der Waals surface area contributed by atoms with Crippen molar-refractivity contribution in [1.29, 1.82) is 0 Å². The Bertz CT molecular complexity index is 1850. The van der Waals surface area contributed by atoms with Crippen molar-refractivity contribution >= 4 is 17.8 Å². The molecule has 0 saturated carbocycles. The van der Waals surface area contributed by atoms with Crippen LogP contribution in [0.3, 0.4) is 0 Å². The number of rotatable bonds is 13. The molecule has 0 bridgehead atoms. The number of amides is 2. The standard InChI is InChI=1S/C41H36N4O4/c46-39(36(25-34-27-42-28-44-34)45-40(47)37(30-13-5-1-6-14-30)31-15-7-2-8-16-31)43-26-29-21-23-35(24-22-29)49-41(48)38(32-17-9-3-10-18-32)33-19-11-4-12-20-33/h1-24,27-28,36-38H,25-26H2,(H,42,44)(H,43,46)(H,45,47)/t36-/m1/s1. The van der Waals surface area contributed by atoms with E-state index in [4.69, 9.17) is 4.74 Å². The van der Waals surface area contributed by atoms with Crippen LogP contribution in [0.1, 0.15) is 45.3 Å². The van der Waals surface area contributed by atoms with Gasteiger partial charge in [0, 0.05) is 19.2 Å². The quantitative estimate of drug-likeness (QED) is 0.100. The molecular weight excluding hydrogens is 612 g/mol. The van der Waals surface area contributed by atoms with Gasteiger partial charge in [-0.3, -0.25) is 14.4 Å². The van der Waals surface area contributed by atoms with E-state index in [1.165, 1.54) is 0 Å². The number of nitrogens with zero attached hydrogens (tertiary/aromatic N) is 1. The van der Waals surface area contributed by atoms with E-state index in [0.29, 0.717) is 11.4 Å². The highest BCUT2D eigenvalue weighted by Gasteiger charge is 2.29. The number of carbonyl (C=O) groups excluding carboxylic acids is 3. The smallest absolute Gasteiger partial charge is 0.323 e. The minimum Gasteiger partial charge on any atom is -0.426 e. The fourth-order valence-corrected chi connectivity index (χ4v) is 5.78. The summed E-state index contributed by atoms with van der Waals surface area (Å²) in [5.41, 5.74) is 4.77. The molecule has 1 heterocycles. The van der Waals surface area contributed by atoms with Gasteiger partial charge in [-0.05, 0) is 39.9 Å². The van der Waals surface area contributed by atoms with Crippen LogP contribution in [0.5, 0.6) is 5.75 Å². The molecule has 0 saturated heterocycles. The Labute approximate surface area is 285 Å². The van der Waals surface area contributed by atoms with Crippen LogP contribution < -0.4 is 15.4 Å². The molecule has 1 atom stereocenters. The Hall–Kier alpha value is -6.28. The van der Waals surface area contributed by atoms with Gasteiger partial charge >= 0.3 is 5.97 Å². The van der Waals surface area contributed by atoms with Crippen molar-refractivity contribution in [3.05, 3.63) is 192 Å². The van der Waals surface area contributed by atoms with E-state index in [2.05, 4.69) is 20.6 Å². The third-order valence-electron chi connectivity index (χ3n) is 8.24. The van der Waals surface area contributed by atoms with Gasteiger partial charge in [0.15, 0.2) is 0 Å². The van der Waals surface area contributed by atoms with E-state index in [0.717, 1.165) is 27.8 Å². The molecule has 2 amide bonds. The first kappa shape index (κ1) is 32.7. The lowest BCUT2D eigenvalue weighted by atomic mass is 9.90. The molecule has 3 N–H and O–H groups in total. The van der Waals surface area contributed by atoms with Crippen LogP contribution in [-0.2, 0) is 27.3 Å². The zero-order valence-corrected chi connectivity index (χ0v) is 26.7. The van der Waals surface area contributed by atoms with Crippen LogP contribution in [0.25, 0.3) is 0 Å². The molecule has 1 aromatic heterocycles. The van der Waals surface area contributed by atoms with Gasteiger partial charge in [-0.1, -0.05) is 133 Å². The average molecular weight is 649 g/mol. The first-order chi connectivity index (χ1) is 24.0. The topological polar surface area (TPSA) is 113 Å². The summed E-state index contributed by atoms with van der Waals surface area (Å²) in [7, 11) is 0. The second-order valence-corrected chi connectivity index (χ2v) is 11.6. The maximum Gasteiger partial charge on any atom is 0.323 e. The molecule has 0 aliphatic heterocycles. The number of benzene rings is 5. The average Bonchev–Trinajstić information content (AvgIpc) is 3.66. The highest BCUT2D eigenvalue weighted by atomic mass is 16.5. The van der Waals surface area contributed by atoms with Gasteiger partial charge in [0.1, 0.15) is 17.7 Å². The molecule has 49 heavy (non-hydrogen) atoms. The molecule has 0 radical (unpaired) electrons. The Morgan fingerprint density at radius 2 is 1.10 bits per heavy atom. The fourth-order valence-electron chi connectivity index (χ4n) is 5.78. The second-order valence-electron chi connectivity index (χ2n) is 11.6. The first-order valence-electron chi connectivity index (χ1n) is 16.1. The van der Waals surface area contributed by atoms with Crippen LogP contribution in [0.4, 0.5) is 0 Å². The van der Waals surface area contributed by atoms with Gasteiger partial charge < -0.3 is 20.4 Å². The number of imidazole rings is 1. The first-order valence-corrected chi connectivity index (χ1v) is 16.1. The zero-order chi connectivity index (χ0) is 33.8. The predicted molar refractivity (Wildman–Crippen MR) is 188 cm³/mol. The highest BCUT2D eigenvalue weighted by Crippen LogP contribution is 2.28. The second kappa shape index (κ2) is 16.0. The highest BCUT2D eigenvalue weighted by molar-refractivity contribution is 5.92. The SMILES string of the molecule is O=C(N[C@H](Cc1c[nH]cn1)C(=O)NCc1ccc(OC(=O)C(c2ccccc2)c2ccccc2)cc1)C(c1ccccc1)c1ccccc1. The van der Waals surface area contributed by atoms with E-state index in [1.807, 2.05) is 121 Å². The molecule has 6 aromatic rings. The summed E-state index contributed by atoms with van der Waals surface area (Å²) in [4.78, 5) is 48.1. The fraction of sp³-hybridized carbons (Fsp3) is 0.122. The number of aromatic nitrogens is 2. The molecular formula is C41H36N4O4. The number of ether oxygens (including phenoxy) is 1. The maximum absolute atomic E-state index is 13.9. The molecule has 5 aromatic carbocycles. The molecule has 0 unspecified atom stereocenters. The largest absolute Gasteiger partial charge is 0.426 e. The van der Waals surface area contributed by atoms with E-state index >= 15 is 0 Å². The Kier molecular flexibility index (Phi) is 10.7. The van der Waals surface area contributed by atoms with Gasteiger partial charge in [-0.2, -0.15) is 0 Å². The zero-order valence-electron chi connectivity index (χ0n) is 26.7. The van der Waals surface area contributed by atoms with Crippen LogP contribution in [0, 0.1) is 0 Å². The van der Waals surface area contributed by atoms with Gasteiger partial charge in [0.25, 0.3) is 0 Å². The van der Waals surface area contributed by atoms with Gasteiger partial charge in [-0.15, -0.1) is 0 Å². The van der Waals surface area contributed by atoms with Crippen molar-refractivity contribution in [3.63, 3.8) is 0 Å². The number of H-pyrrole nitrogens is 1. The Morgan fingerprint density at radius 1 is 0.612 bits per heavy atom. The third kappa shape index (κ3) is 8.55. The number of nitrogens with one attached hydrogen (secondary N) is 3. The number of aromatic amines is 1. The molecule has 0 aliphatic rings. The van der Waals surface area contributed by atoms with Crippen LogP contribution >= 0.6 is 0 Å². The number of hydrogen-bond acceptors (Lipinski definition) is 5. The van der Waals surface area contributed by atoms with E-state index in [-0.39, 0.29) is 30.7 Å².